The third-order valence-electron chi connectivity index (χ3n) is 3.33. The molecule has 1 fully saturated rings. The Morgan fingerprint density at radius 3 is 2.67 bits per heavy atom. The largest absolute Gasteiger partial charge is 0.467 e. The molecule has 1 saturated heterocycles. The van der Waals surface area contributed by atoms with Crippen LogP contribution in [0.1, 0.15) is 11.1 Å². The molecule has 21 heavy (non-hydrogen) atoms. The summed E-state index contributed by atoms with van der Waals surface area (Å²) in [5.74, 6) is -1.17. The van der Waals surface area contributed by atoms with Crippen LogP contribution in [0, 0.1) is 0 Å². The molecule has 0 radical (unpaired) electrons. The highest BCUT2D eigenvalue weighted by molar-refractivity contribution is 6.44. The Bertz CT molecular complexity index is 660. The zero-order valence-electron chi connectivity index (χ0n) is 11.1. The Labute approximate surface area is 125 Å². The fourth-order valence-electron chi connectivity index (χ4n) is 2.30. The number of halogens is 1. The van der Waals surface area contributed by atoms with E-state index in [0.717, 1.165) is 15.4 Å². The Kier molecular flexibility index (Phi) is 3.30. The Balaban J connectivity index is 1.95. The van der Waals surface area contributed by atoms with E-state index in [2.05, 4.69) is 0 Å². The summed E-state index contributed by atoms with van der Waals surface area (Å²) >= 11 is 6.02. The van der Waals surface area contributed by atoms with Crippen molar-refractivity contribution in [1.82, 2.24) is 9.80 Å². The number of hydrogen-bond acceptors (Lipinski definition) is 5. The second kappa shape index (κ2) is 5.01. The number of nitrogens with zero attached hydrogens (tertiary/aromatic N) is 2. The van der Waals surface area contributed by atoms with E-state index in [1.54, 1.807) is 12.1 Å². The van der Waals surface area contributed by atoms with Crippen LogP contribution >= 0.6 is 11.6 Å². The number of urea groups is 1. The first-order valence-corrected chi connectivity index (χ1v) is 6.52. The molecule has 1 aromatic rings. The lowest BCUT2D eigenvalue weighted by atomic mass is 10.1. The topological polar surface area (TPSA) is 76.2 Å². The van der Waals surface area contributed by atoms with Gasteiger partial charge in [0.05, 0.1) is 13.2 Å². The average Bonchev–Trinajstić information content (AvgIpc) is 2.65. The maximum absolute atomic E-state index is 11.9. The molecule has 4 amide bonds. The van der Waals surface area contributed by atoms with E-state index in [9.17, 15) is 14.4 Å². The van der Waals surface area contributed by atoms with Gasteiger partial charge >= 0.3 is 17.8 Å². The number of fused-ring (bicyclic) bond motifs is 1. The molecule has 3 rings (SSSR count). The third kappa shape index (κ3) is 2.24. The van der Waals surface area contributed by atoms with Gasteiger partial charge in [0.2, 0.25) is 0 Å². The van der Waals surface area contributed by atoms with Crippen LogP contribution in [0.4, 0.5) is 4.79 Å². The predicted octanol–water partition coefficient (Wildman–Crippen LogP) is 1.13. The molecule has 0 aromatic heterocycles. The van der Waals surface area contributed by atoms with Gasteiger partial charge in [-0.05, 0) is 12.1 Å². The van der Waals surface area contributed by atoms with E-state index in [1.807, 2.05) is 0 Å². The quantitative estimate of drug-likeness (QED) is 0.604. The normalized spacial score (nSPS) is 18.1. The lowest BCUT2D eigenvalue weighted by Crippen LogP contribution is -2.31. The van der Waals surface area contributed by atoms with Gasteiger partial charge in [-0.15, -0.1) is 0 Å². The number of hydrogen-bond donors (Lipinski definition) is 0. The summed E-state index contributed by atoms with van der Waals surface area (Å²) in [6.45, 7) is 0.350. The number of benzene rings is 1. The molecule has 0 N–H and O–H groups in total. The smallest absolute Gasteiger partial charge is 0.334 e. The van der Waals surface area contributed by atoms with Gasteiger partial charge in [0.15, 0.2) is 6.79 Å². The minimum Gasteiger partial charge on any atom is -0.467 e. The highest BCUT2D eigenvalue weighted by Gasteiger charge is 2.42. The van der Waals surface area contributed by atoms with Crippen LogP contribution in [0.3, 0.4) is 0 Å². The number of amides is 4. The first kappa shape index (κ1) is 13.8. The number of rotatable bonds is 2. The van der Waals surface area contributed by atoms with Gasteiger partial charge in [-0.2, -0.15) is 0 Å². The zero-order valence-corrected chi connectivity index (χ0v) is 11.8. The molecule has 0 unspecified atom stereocenters. The standard InChI is InChI=1S/C13H11ClN2O5/c1-15-11(17)12(18)16(13(15)19)4-7-2-9(14)3-8-5-20-6-21-10(7)8/h2-3H,4-6H2,1H3. The van der Waals surface area contributed by atoms with Crippen molar-refractivity contribution in [2.45, 2.75) is 13.2 Å². The number of ether oxygens (including phenoxy) is 2. The molecule has 110 valence electrons. The predicted molar refractivity (Wildman–Crippen MR) is 70.5 cm³/mol. The summed E-state index contributed by atoms with van der Waals surface area (Å²) in [6, 6.07) is 2.64. The number of carbonyl (C=O) groups is 3. The molecule has 2 heterocycles. The van der Waals surface area contributed by atoms with Gasteiger partial charge in [-0.3, -0.25) is 19.4 Å². The van der Waals surface area contributed by atoms with Gasteiger partial charge in [0.25, 0.3) is 0 Å². The highest BCUT2D eigenvalue weighted by atomic mass is 35.5. The van der Waals surface area contributed by atoms with E-state index in [0.29, 0.717) is 22.9 Å². The summed E-state index contributed by atoms with van der Waals surface area (Å²) in [5.41, 5.74) is 1.30. The molecule has 0 atom stereocenters. The molecule has 0 aliphatic carbocycles. The Morgan fingerprint density at radius 2 is 2.00 bits per heavy atom. The summed E-state index contributed by atoms with van der Waals surface area (Å²) in [5, 5.41) is 0.441. The van der Waals surface area contributed by atoms with Crippen molar-refractivity contribution in [3.63, 3.8) is 0 Å². The maximum Gasteiger partial charge on any atom is 0.334 e. The van der Waals surface area contributed by atoms with Crippen LogP contribution in [0.25, 0.3) is 0 Å². The van der Waals surface area contributed by atoms with E-state index < -0.39 is 17.8 Å². The van der Waals surface area contributed by atoms with E-state index in [1.165, 1.54) is 7.05 Å². The van der Waals surface area contributed by atoms with E-state index in [-0.39, 0.29) is 13.3 Å². The molecule has 7 nitrogen and oxygen atoms in total. The summed E-state index contributed by atoms with van der Waals surface area (Å²) in [4.78, 5) is 36.9. The van der Waals surface area contributed by atoms with Crippen molar-refractivity contribution >= 4 is 29.4 Å². The van der Waals surface area contributed by atoms with E-state index in [4.69, 9.17) is 21.1 Å². The van der Waals surface area contributed by atoms with Crippen molar-refractivity contribution in [3.05, 3.63) is 28.3 Å². The molecule has 2 aliphatic heterocycles. The van der Waals surface area contributed by atoms with Crippen molar-refractivity contribution < 1.29 is 23.9 Å². The third-order valence-corrected chi connectivity index (χ3v) is 3.55. The molecule has 2 aliphatic rings. The number of imide groups is 2. The lowest BCUT2D eigenvalue weighted by Gasteiger charge is -2.22. The summed E-state index contributed by atoms with van der Waals surface area (Å²) in [7, 11) is 1.26. The van der Waals surface area contributed by atoms with Crippen molar-refractivity contribution in [2.24, 2.45) is 0 Å². The minimum absolute atomic E-state index is 0.0728. The number of likely N-dealkylation sites (N-methyl/N-ethyl adjacent to an activating group) is 1. The SMILES string of the molecule is CN1C(=O)C(=O)N(Cc2cc(Cl)cc3c2OCOC3)C1=O. The van der Waals surface area contributed by atoms with Gasteiger partial charge in [-0.1, -0.05) is 11.6 Å². The molecule has 1 aromatic carbocycles. The summed E-state index contributed by atoms with van der Waals surface area (Å²) < 4.78 is 10.6. The summed E-state index contributed by atoms with van der Waals surface area (Å²) in [6.07, 6.45) is 0. The zero-order chi connectivity index (χ0) is 15.1. The van der Waals surface area contributed by atoms with Crippen LogP contribution in [0.2, 0.25) is 5.02 Å². The second-order valence-corrected chi connectivity index (χ2v) is 5.14. The molecule has 8 heteroatoms. The highest BCUT2D eigenvalue weighted by Crippen LogP contribution is 2.33. The molecule has 0 spiro atoms. The van der Waals surface area contributed by atoms with Gasteiger partial charge in [-0.25, -0.2) is 4.79 Å². The lowest BCUT2D eigenvalue weighted by molar-refractivity contribution is -0.143. The molecular formula is C13H11ClN2O5. The van der Waals surface area contributed by atoms with Crippen LogP contribution in [-0.2, 0) is 27.5 Å². The van der Waals surface area contributed by atoms with Gasteiger partial charge < -0.3 is 9.47 Å². The Morgan fingerprint density at radius 1 is 1.24 bits per heavy atom. The van der Waals surface area contributed by atoms with Crippen molar-refractivity contribution in [2.75, 3.05) is 13.8 Å². The fourth-order valence-corrected chi connectivity index (χ4v) is 2.56. The second-order valence-electron chi connectivity index (χ2n) is 4.70. The first-order valence-electron chi connectivity index (χ1n) is 6.14. The van der Waals surface area contributed by atoms with Gasteiger partial charge in [0.1, 0.15) is 5.75 Å². The average molecular weight is 311 g/mol. The first-order chi connectivity index (χ1) is 9.99. The van der Waals surface area contributed by atoms with Crippen molar-refractivity contribution in [3.8, 4) is 5.75 Å². The van der Waals surface area contributed by atoms with Gasteiger partial charge in [0, 0.05) is 23.2 Å². The van der Waals surface area contributed by atoms with Crippen LogP contribution < -0.4 is 4.74 Å². The fraction of sp³-hybridized carbons (Fsp3) is 0.308. The minimum atomic E-state index is -0.858. The van der Waals surface area contributed by atoms with Crippen molar-refractivity contribution in [1.29, 1.82) is 0 Å². The molecule has 0 saturated carbocycles. The Hall–Kier alpha value is -2.12. The van der Waals surface area contributed by atoms with Crippen LogP contribution in [-0.4, -0.2) is 41.5 Å². The van der Waals surface area contributed by atoms with E-state index >= 15 is 0 Å². The maximum atomic E-state index is 11.9. The monoisotopic (exact) mass is 310 g/mol. The molecule has 0 bridgehead atoms. The van der Waals surface area contributed by atoms with Crippen LogP contribution in [0.5, 0.6) is 5.75 Å². The molecular weight excluding hydrogens is 300 g/mol. The number of carbonyl (C=O) groups excluding carboxylic acids is 3. The van der Waals surface area contributed by atoms with Crippen LogP contribution in [0.15, 0.2) is 12.1 Å².